The molecule has 2 aromatic rings. The summed E-state index contributed by atoms with van der Waals surface area (Å²) in [6.45, 7) is 4.61. The van der Waals surface area contributed by atoms with Crippen molar-refractivity contribution < 1.29 is 5.21 Å². The highest BCUT2D eigenvalue weighted by Crippen LogP contribution is 2.30. The summed E-state index contributed by atoms with van der Waals surface area (Å²) in [6, 6.07) is 5.39. The molecule has 0 spiro atoms. The molecule has 0 radical (unpaired) electrons. The van der Waals surface area contributed by atoms with Gasteiger partial charge in [-0.05, 0) is 37.0 Å². The molecule has 0 saturated carbocycles. The molecule has 5 nitrogen and oxygen atoms in total. The summed E-state index contributed by atoms with van der Waals surface area (Å²) in [7, 11) is 0. The molecule has 0 aliphatic carbocycles. The van der Waals surface area contributed by atoms with E-state index in [0.29, 0.717) is 23.7 Å². The summed E-state index contributed by atoms with van der Waals surface area (Å²) in [5.41, 5.74) is 10.6. The van der Waals surface area contributed by atoms with Crippen LogP contribution < -0.4 is 11.2 Å². The minimum absolute atomic E-state index is 0.300. The van der Waals surface area contributed by atoms with Crippen molar-refractivity contribution in [2.75, 3.05) is 11.2 Å². The van der Waals surface area contributed by atoms with E-state index in [1.807, 2.05) is 16.9 Å². The SMILES string of the molecule is CC(Cn1cc(-c2ccc(N)c(NO)c2)cn1)CC(C)(Cl)Cl. The molecule has 2 rings (SSSR count). The Morgan fingerprint density at radius 3 is 2.77 bits per heavy atom. The Kier molecular flexibility index (Phi) is 5.21. The van der Waals surface area contributed by atoms with Crippen LogP contribution in [0.25, 0.3) is 11.1 Å². The van der Waals surface area contributed by atoms with Gasteiger partial charge >= 0.3 is 0 Å². The fourth-order valence-corrected chi connectivity index (χ4v) is 2.97. The van der Waals surface area contributed by atoms with E-state index in [-0.39, 0.29) is 0 Å². The van der Waals surface area contributed by atoms with Gasteiger partial charge in [-0.15, -0.1) is 23.2 Å². The highest BCUT2D eigenvalue weighted by atomic mass is 35.5. The third-order valence-electron chi connectivity index (χ3n) is 3.35. The van der Waals surface area contributed by atoms with Crippen LogP contribution in [0.4, 0.5) is 11.4 Å². The highest BCUT2D eigenvalue weighted by molar-refractivity contribution is 6.48. The molecule has 0 fully saturated rings. The normalized spacial score (nSPS) is 13.1. The first-order chi connectivity index (χ1) is 10.3. The van der Waals surface area contributed by atoms with Crippen molar-refractivity contribution in [3.63, 3.8) is 0 Å². The smallest absolute Gasteiger partial charge is 0.115 e. The molecule has 0 aliphatic heterocycles. The minimum Gasteiger partial charge on any atom is -0.397 e. The maximum absolute atomic E-state index is 9.05. The summed E-state index contributed by atoms with van der Waals surface area (Å²) in [6.07, 6.45) is 4.41. The second-order valence-corrected chi connectivity index (χ2v) is 7.61. The van der Waals surface area contributed by atoms with Crippen molar-refractivity contribution in [2.45, 2.75) is 31.1 Å². The van der Waals surface area contributed by atoms with Gasteiger partial charge in [-0.1, -0.05) is 13.0 Å². The van der Waals surface area contributed by atoms with Crippen LogP contribution in [0.5, 0.6) is 0 Å². The number of alkyl halides is 2. The molecule has 1 atom stereocenters. The van der Waals surface area contributed by atoms with E-state index >= 15 is 0 Å². The Labute approximate surface area is 140 Å². The Bertz CT molecular complexity index is 637. The number of rotatable bonds is 6. The summed E-state index contributed by atoms with van der Waals surface area (Å²) in [4.78, 5) is 0. The van der Waals surface area contributed by atoms with Crippen molar-refractivity contribution >= 4 is 34.6 Å². The third-order valence-corrected chi connectivity index (χ3v) is 3.65. The predicted octanol–water partition coefficient (Wildman–Crippen LogP) is 4.15. The van der Waals surface area contributed by atoms with Gasteiger partial charge in [0, 0.05) is 18.3 Å². The van der Waals surface area contributed by atoms with E-state index in [4.69, 9.17) is 34.1 Å². The number of nitrogens with two attached hydrogens (primary N) is 1. The fraction of sp³-hybridized carbons (Fsp3) is 0.400. The molecule has 7 heteroatoms. The van der Waals surface area contributed by atoms with Gasteiger partial charge < -0.3 is 5.73 Å². The van der Waals surface area contributed by atoms with Crippen molar-refractivity contribution in [3.05, 3.63) is 30.6 Å². The van der Waals surface area contributed by atoms with E-state index in [9.17, 15) is 0 Å². The first kappa shape index (κ1) is 16.9. The Hall–Kier alpha value is -1.43. The third kappa shape index (κ3) is 4.53. The number of nitrogens with one attached hydrogen (secondary N) is 1. The quantitative estimate of drug-likeness (QED) is 0.418. The lowest BCUT2D eigenvalue weighted by Crippen LogP contribution is -2.16. The largest absolute Gasteiger partial charge is 0.397 e. The van der Waals surface area contributed by atoms with E-state index in [1.54, 1.807) is 25.3 Å². The molecule has 1 aromatic heterocycles. The Balaban J connectivity index is 2.11. The van der Waals surface area contributed by atoms with E-state index < -0.39 is 4.33 Å². The van der Waals surface area contributed by atoms with Gasteiger partial charge in [-0.2, -0.15) is 5.10 Å². The highest BCUT2D eigenvalue weighted by Gasteiger charge is 2.20. The summed E-state index contributed by atoms with van der Waals surface area (Å²) >= 11 is 12.1. The van der Waals surface area contributed by atoms with Crippen molar-refractivity contribution in [2.24, 2.45) is 5.92 Å². The number of hydrogen-bond acceptors (Lipinski definition) is 4. The number of anilines is 2. The fourth-order valence-electron chi connectivity index (χ4n) is 2.44. The Morgan fingerprint density at radius 1 is 1.41 bits per heavy atom. The van der Waals surface area contributed by atoms with Crippen LogP contribution in [0, 0.1) is 5.92 Å². The number of hydrogen-bond donors (Lipinski definition) is 3. The number of aromatic nitrogens is 2. The van der Waals surface area contributed by atoms with Crippen LogP contribution in [0.2, 0.25) is 0 Å². The van der Waals surface area contributed by atoms with Crippen LogP contribution in [-0.2, 0) is 6.54 Å². The van der Waals surface area contributed by atoms with Crippen molar-refractivity contribution in [1.82, 2.24) is 9.78 Å². The molecule has 1 aromatic carbocycles. The average Bonchev–Trinajstić information content (AvgIpc) is 2.85. The minimum atomic E-state index is -0.728. The summed E-state index contributed by atoms with van der Waals surface area (Å²) in [5.74, 6) is 0.300. The topological polar surface area (TPSA) is 76.1 Å². The van der Waals surface area contributed by atoms with Gasteiger partial charge in [-0.3, -0.25) is 15.4 Å². The van der Waals surface area contributed by atoms with Crippen molar-refractivity contribution in [1.29, 1.82) is 0 Å². The maximum Gasteiger partial charge on any atom is 0.115 e. The van der Waals surface area contributed by atoms with Gasteiger partial charge in [0.25, 0.3) is 0 Å². The van der Waals surface area contributed by atoms with Crippen LogP contribution in [0.1, 0.15) is 20.3 Å². The van der Waals surface area contributed by atoms with E-state index in [0.717, 1.165) is 17.7 Å². The number of nitrogen functional groups attached to an aromatic ring is 1. The first-order valence-electron chi connectivity index (χ1n) is 6.99. The zero-order valence-corrected chi connectivity index (χ0v) is 14.1. The van der Waals surface area contributed by atoms with Gasteiger partial charge in [0.15, 0.2) is 0 Å². The predicted molar refractivity (Wildman–Crippen MR) is 91.4 cm³/mol. The molecule has 0 saturated heterocycles. The van der Waals surface area contributed by atoms with Crippen LogP contribution in [0.15, 0.2) is 30.6 Å². The van der Waals surface area contributed by atoms with Crippen molar-refractivity contribution in [3.8, 4) is 11.1 Å². The Morgan fingerprint density at radius 2 is 2.14 bits per heavy atom. The first-order valence-corrected chi connectivity index (χ1v) is 7.74. The molecule has 22 heavy (non-hydrogen) atoms. The van der Waals surface area contributed by atoms with Crippen LogP contribution in [-0.4, -0.2) is 19.3 Å². The van der Waals surface area contributed by atoms with E-state index in [2.05, 4.69) is 17.5 Å². The van der Waals surface area contributed by atoms with Gasteiger partial charge in [0.05, 0.1) is 17.6 Å². The second kappa shape index (κ2) is 6.77. The lowest BCUT2D eigenvalue weighted by Gasteiger charge is -2.18. The molecule has 120 valence electrons. The van der Waals surface area contributed by atoms with Crippen LogP contribution >= 0.6 is 23.2 Å². The number of halogens is 2. The lowest BCUT2D eigenvalue weighted by atomic mass is 10.1. The summed E-state index contributed by atoms with van der Waals surface area (Å²) in [5, 5.41) is 13.4. The molecule has 0 aliphatic rings. The zero-order chi connectivity index (χ0) is 16.3. The lowest BCUT2D eigenvalue weighted by molar-refractivity contribution is 0.389. The van der Waals surface area contributed by atoms with Gasteiger partial charge in [0.1, 0.15) is 4.33 Å². The molecule has 0 bridgehead atoms. The van der Waals surface area contributed by atoms with Gasteiger partial charge in [0.2, 0.25) is 0 Å². The van der Waals surface area contributed by atoms with E-state index in [1.165, 1.54) is 0 Å². The molecule has 1 heterocycles. The molecule has 1 unspecified atom stereocenters. The number of benzene rings is 1. The molecular weight excluding hydrogens is 323 g/mol. The maximum atomic E-state index is 9.05. The van der Waals surface area contributed by atoms with Gasteiger partial charge in [-0.25, -0.2) is 0 Å². The average molecular weight is 343 g/mol. The molecule has 0 amide bonds. The summed E-state index contributed by atoms with van der Waals surface area (Å²) < 4.78 is 1.13. The second-order valence-electron chi connectivity index (χ2n) is 5.74. The molecular formula is C15H20Cl2N4O. The molecule has 4 N–H and O–H groups in total. The zero-order valence-electron chi connectivity index (χ0n) is 12.6. The monoisotopic (exact) mass is 342 g/mol. The standard InChI is InChI=1S/C15H20Cl2N4O/c1-10(6-15(2,16)17)8-21-9-12(7-19-21)11-3-4-13(18)14(5-11)20-22/h3-5,7,9-10,20,22H,6,8,18H2,1-2H3. The number of nitrogens with zero attached hydrogens (tertiary/aromatic N) is 2. The van der Waals surface area contributed by atoms with Crippen LogP contribution in [0.3, 0.4) is 0 Å².